The highest BCUT2D eigenvalue weighted by molar-refractivity contribution is 8.00. The van der Waals surface area contributed by atoms with Crippen molar-refractivity contribution in [3.63, 3.8) is 0 Å². The summed E-state index contributed by atoms with van der Waals surface area (Å²) in [5.41, 5.74) is 2.42. The zero-order chi connectivity index (χ0) is 15.8. The molecule has 0 aliphatic heterocycles. The predicted octanol–water partition coefficient (Wildman–Crippen LogP) is 3.45. The van der Waals surface area contributed by atoms with Gasteiger partial charge >= 0.3 is 0 Å². The summed E-state index contributed by atoms with van der Waals surface area (Å²) in [5, 5.41) is 2.95. The lowest BCUT2D eigenvalue weighted by Gasteiger charge is -2.06. The first-order valence-corrected chi connectivity index (χ1v) is 8.25. The Morgan fingerprint density at radius 2 is 1.77 bits per heavy atom. The Labute approximate surface area is 136 Å². The molecule has 2 aromatic carbocycles. The van der Waals surface area contributed by atoms with E-state index in [9.17, 15) is 4.79 Å². The molecule has 0 atom stereocenters. The van der Waals surface area contributed by atoms with Crippen LogP contribution in [0.1, 0.15) is 11.1 Å². The number of amides is 1. The minimum Gasteiger partial charge on any atom is -0.497 e. The monoisotopic (exact) mass is 315 g/mol. The Morgan fingerprint density at radius 1 is 1.09 bits per heavy atom. The quantitative estimate of drug-likeness (QED) is 0.795. The number of thioether (sulfide) groups is 1. The highest BCUT2D eigenvalue weighted by Crippen LogP contribution is 2.17. The van der Waals surface area contributed by atoms with E-state index in [0.717, 1.165) is 17.1 Å². The number of aryl methyl sites for hydroxylation is 1. The van der Waals surface area contributed by atoms with Gasteiger partial charge in [-0.3, -0.25) is 4.79 Å². The topological polar surface area (TPSA) is 38.3 Å². The number of rotatable bonds is 7. The number of carbonyl (C=O) groups is 1. The number of hydrogen-bond acceptors (Lipinski definition) is 3. The first kappa shape index (κ1) is 16.4. The molecule has 1 N–H and O–H groups in total. The van der Waals surface area contributed by atoms with E-state index < -0.39 is 0 Å². The molecule has 0 saturated carbocycles. The van der Waals surface area contributed by atoms with E-state index in [-0.39, 0.29) is 5.91 Å². The van der Waals surface area contributed by atoms with Crippen LogP contribution in [0.5, 0.6) is 5.75 Å². The Morgan fingerprint density at radius 3 is 2.41 bits per heavy atom. The fraction of sp³-hybridized carbons (Fsp3) is 0.278. The van der Waals surface area contributed by atoms with Gasteiger partial charge in [-0.2, -0.15) is 0 Å². The third kappa shape index (κ3) is 5.45. The Hall–Kier alpha value is -1.94. The van der Waals surface area contributed by atoms with E-state index in [1.807, 2.05) is 36.4 Å². The number of nitrogens with one attached hydrogen (secondary N) is 1. The molecule has 0 aromatic heterocycles. The van der Waals surface area contributed by atoms with Gasteiger partial charge in [-0.05, 0) is 43.2 Å². The van der Waals surface area contributed by atoms with Gasteiger partial charge in [0.1, 0.15) is 5.75 Å². The molecule has 4 heteroatoms. The highest BCUT2D eigenvalue weighted by atomic mass is 32.2. The van der Waals surface area contributed by atoms with Crippen molar-refractivity contribution in [2.45, 2.75) is 18.2 Å². The lowest BCUT2D eigenvalue weighted by Crippen LogP contribution is -2.27. The number of ether oxygens (including phenoxy) is 1. The maximum absolute atomic E-state index is 11.8. The molecule has 0 fully saturated rings. The molecule has 3 nitrogen and oxygen atoms in total. The second-order valence-corrected chi connectivity index (χ2v) is 6.10. The Bertz CT molecular complexity index is 593. The van der Waals surface area contributed by atoms with E-state index in [0.29, 0.717) is 12.3 Å². The van der Waals surface area contributed by atoms with Crippen molar-refractivity contribution in [3.05, 3.63) is 59.7 Å². The van der Waals surface area contributed by atoms with Gasteiger partial charge < -0.3 is 10.1 Å². The molecule has 1 amide bonds. The minimum absolute atomic E-state index is 0.0686. The van der Waals surface area contributed by atoms with Crippen molar-refractivity contribution in [2.75, 3.05) is 19.4 Å². The molecule has 0 radical (unpaired) electrons. The number of benzene rings is 2. The lowest BCUT2D eigenvalue weighted by atomic mass is 10.1. The largest absolute Gasteiger partial charge is 0.497 e. The first-order valence-electron chi connectivity index (χ1n) is 7.26. The fourth-order valence-corrected chi connectivity index (χ4v) is 2.70. The average Bonchev–Trinajstić information content (AvgIpc) is 2.55. The van der Waals surface area contributed by atoms with E-state index in [1.54, 1.807) is 18.9 Å². The van der Waals surface area contributed by atoms with Crippen LogP contribution in [-0.2, 0) is 11.2 Å². The van der Waals surface area contributed by atoms with Gasteiger partial charge in [0.05, 0.1) is 12.9 Å². The number of methoxy groups -OCH3 is 1. The normalized spacial score (nSPS) is 10.3. The molecule has 0 saturated heterocycles. The van der Waals surface area contributed by atoms with Crippen LogP contribution < -0.4 is 10.1 Å². The van der Waals surface area contributed by atoms with Gasteiger partial charge in [-0.1, -0.05) is 29.8 Å². The predicted molar refractivity (Wildman–Crippen MR) is 91.6 cm³/mol. The average molecular weight is 315 g/mol. The SMILES string of the molecule is COc1ccc(CCNC(=O)CSc2ccc(C)cc2)cc1. The lowest BCUT2D eigenvalue weighted by molar-refractivity contribution is -0.118. The standard InChI is InChI=1S/C18H21NO2S/c1-14-3-9-17(10-4-14)22-13-18(20)19-12-11-15-5-7-16(21-2)8-6-15/h3-10H,11-13H2,1-2H3,(H,19,20). The molecular weight excluding hydrogens is 294 g/mol. The molecule has 0 spiro atoms. The summed E-state index contributed by atoms with van der Waals surface area (Å²) in [7, 11) is 1.65. The van der Waals surface area contributed by atoms with Gasteiger partial charge in [0.15, 0.2) is 0 Å². The van der Waals surface area contributed by atoms with E-state index in [4.69, 9.17) is 4.74 Å². The van der Waals surface area contributed by atoms with Crippen LogP contribution in [0.2, 0.25) is 0 Å². The van der Waals surface area contributed by atoms with E-state index in [2.05, 4.69) is 24.4 Å². The van der Waals surface area contributed by atoms with Crippen molar-refractivity contribution in [2.24, 2.45) is 0 Å². The number of carbonyl (C=O) groups excluding carboxylic acids is 1. The second kappa shape index (κ2) is 8.49. The maximum Gasteiger partial charge on any atom is 0.230 e. The third-order valence-corrected chi connectivity index (χ3v) is 4.30. The molecule has 2 rings (SSSR count). The smallest absolute Gasteiger partial charge is 0.230 e. The van der Waals surface area contributed by atoms with Crippen LogP contribution in [-0.4, -0.2) is 25.3 Å². The van der Waals surface area contributed by atoms with Gasteiger partial charge in [-0.15, -0.1) is 11.8 Å². The van der Waals surface area contributed by atoms with Crippen molar-refractivity contribution < 1.29 is 9.53 Å². The fourth-order valence-electron chi connectivity index (χ4n) is 1.97. The zero-order valence-electron chi connectivity index (χ0n) is 13.0. The van der Waals surface area contributed by atoms with Crippen molar-refractivity contribution in [1.82, 2.24) is 5.32 Å². The van der Waals surface area contributed by atoms with Gasteiger partial charge in [-0.25, -0.2) is 0 Å². The minimum atomic E-state index is 0.0686. The highest BCUT2D eigenvalue weighted by Gasteiger charge is 2.03. The molecule has 0 bridgehead atoms. The molecule has 0 aliphatic carbocycles. The summed E-state index contributed by atoms with van der Waals surface area (Å²) < 4.78 is 5.12. The van der Waals surface area contributed by atoms with Crippen LogP contribution in [0, 0.1) is 6.92 Å². The summed E-state index contributed by atoms with van der Waals surface area (Å²) >= 11 is 1.56. The third-order valence-electron chi connectivity index (χ3n) is 3.29. The van der Waals surface area contributed by atoms with Crippen LogP contribution in [0.3, 0.4) is 0 Å². The molecule has 116 valence electrons. The zero-order valence-corrected chi connectivity index (χ0v) is 13.8. The van der Waals surface area contributed by atoms with Gasteiger partial charge in [0.25, 0.3) is 0 Å². The summed E-state index contributed by atoms with van der Waals surface area (Å²) in [5.74, 6) is 1.37. The molecule has 2 aromatic rings. The molecular formula is C18H21NO2S. The van der Waals surface area contributed by atoms with Crippen LogP contribution in [0.4, 0.5) is 0 Å². The van der Waals surface area contributed by atoms with Gasteiger partial charge in [0, 0.05) is 11.4 Å². The van der Waals surface area contributed by atoms with Crippen molar-refractivity contribution >= 4 is 17.7 Å². The Kier molecular flexibility index (Phi) is 6.34. The molecule has 0 unspecified atom stereocenters. The van der Waals surface area contributed by atoms with Crippen molar-refractivity contribution in [3.8, 4) is 5.75 Å². The van der Waals surface area contributed by atoms with Gasteiger partial charge in [0.2, 0.25) is 5.91 Å². The summed E-state index contributed by atoms with van der Waals surface area (Å²) in [6.45, 7) is 2.71. The van der Waals surface area contributed by atoms with E-state index >= 15 is 0 Å². The van der Waals surface area contributed by atoms with Crippen LogP contribution >= 0.6 is 11.8 Å². The first-order chi connectivity index (χ1) is 10.7. The number of hydrogen-bond donors (Lipinski definition) is 1. The summed E-state index contributed by atoms with van der Waals surface area (Å²) in [4.78, 5) is 12.9. The van der Waals surface area contributed by atoms with Crippen molar-refractivity contribution in [1.29, 1.82) is 0 Å². The summed E-state index contributed by atoms with van der Waals surface area (Å²) in [6, 6.07) is 16.1. The molecule has 22 heavy (non-hydrogen) atoms. The maximum atomic E-state index is 11.8. The van der Waals surface area contributed by atoms with Crippen LogP contribution in [0.15, 0.2) is 53.4 Å². The summed E-state index contributed by atoms with van der Waals surface area (Å²) in [6.07, 6.45) is 0.824. The molecule has 0 heterocycles. The second-order valence-electron chi connectivity index (χ2n) is 5.05. The van der Waals surface area contributed by atoms with E-state index in [1.165, 1.54) is 11.1 Å². The Balaban J connectivity index is 1.67. The van der Waals surface area contributed by atoms with Crippen LogP contribution in [0.25, 0.3) is 0 Å². The molecule has 0 aliphatic rings.